The van der Waals surface area contributed by atoms with Gasteiger partial charge in [0.15, 0.2) is 5.75 Å². The van der Waals surface area contributed by atoms with E-state index >= 15 is 0 Å². The van der Waals surface area contributed by atoms with E-state index in [-0.39, 0.29) is 0 Å². The fourth-order valence-electron chi connectivity index (χ4n) is 1.70. The number of benzene rings is 1. The van der Waals surface area contributed by atoms with Crippen LogP contribution in [0, 0.1) is 0 Å². The number of H-pyrrole nitrogens is 1. The standard InChI is InChI=1S/C12H9ClN4O/c13-7-2-1-3-8(4-7)18-9-5-15-12-10(9)11(14)16-6-17-12/h1-6H,(H3,14,15,16,17). The molecule has 0 aliphatic heterocycles. The minimum Gasteiger partial charge on any atom is -0.455 e. The number of ether oxygens (including phenoxy) is 1. The van der Waals surface area contributed by atoms with E-state index < -0.39 is 0 Å². The van der Waals surface area contributed by atoms with E-state index in [1.54, 1.807) is 18.3 Å². The zero-order valence-corrected chi connectivity index (χ0v) is 9.98. The first-order valence-corrected chi connectivity index (χ1v) is 5.63. The van der Waals surface area contributed by atoms with Crippen molar-refractivity contribution in [2.45, 2.75) is 0 Å². The molecule has 90 valence electrons. The van der Waals surface area contributed by atoms with Crippen LogP contribution in [-0.4, -0.2) is 15.0 Å². The molecule has 3 aromatic rings. The highest BCUT2D eigenvalue weighted by atomic mass is 35.5. The van der Waals surface area contributed by atoms with Gasteiger partial charge in [-0.3, -0.25) is 0 Å². The van der Waals surface area contributed by atoms with Gasteiger partial charge in [0.1, 0.15) is 28.9 Å². The second kappa shape index (κ2) is 4.19. The summed E-state index contributed by atoms with van der Waals surface area (Å²) >= 11 is 5.90. The van der Waals surface area contributed by atoms with Gasteiger partial charge < -0.3 is 15.5 Å². The normalized spacial score (nSPS) is 10.7. The number of hydrogen-bond acceptors (Lipinski definition) is 4. The smallest absolute Gasteiger partial charge is 0.158 e. The average Bonchev–Trinajstić information content (AvgIpc) is 2.74. The van der Waals surface area contributed by atoms with Crippen LogP contribution >= 0.6 is 11.6 Å². The molecule has 0 saturated carbocycles. The molecule has 1 aromatic carbocycles. The van der Waals surface area contributed by atoms with Crippen LogP contribution < -0.4 is 10.5 Å². The molecule has 0 amide bonds. The lowest BCUT2D eigenvalue weighted by Gasteiger charge is -2.04. The quantitative estimate of drug-likeness (QED) is 0.743. The highest BCUT2D eigenvalue weighted by molar-refractivity contribution is 6.30. The molecule has 2 heterocycles. The lowest BCUT2D eigenvalue weighted by atomic mass is 10.3. The van der Waals surface area contributed by atoms with Gasteiger partial charge in [0.05, 0.1) is 0 Å². The number of rotatable bonds is 2. The maximum absolute atomic E-state index is 5.90. The zero-order valence-electron chi connectivity index (χ0n) is 9.22. The summed E-state index contributed by atoms with van der Waals surface area (Å²) in [4.78, 5) is 11.0. The molecule has 0 aliphatic rings. The Labute approximate surface area is 108 Å². The van der Waals surface area contributed by atoms with Crippen molar-refractivity contribution in [2.75, 3.05) is 5.73 Å². The minimum atomic E-state index is 0.373. The summed E-state index contributed by atoms with van der Waals surface area (Å²) in [7, 11) is 0. The summed E-state index contributed by atoms with van der Waals surface area (Å²) in [6.45, 7) is 0. The Morgan fingerprint density at radius 1 is 1.28 bits per heavy atom. The molecular formula is C12H9ClN4O. The molecule has 0 aliphatic carbocycles. The van der Waals surface area contributed by atoms with E-state index in [2.05, 4.69) is 15.0 Å². The van der Waals surface area contributed by atoms with Gasteiger partial charge in [-0.15, -0.1) is 0 Å². The molecule has 0 saturated heterocycles. The number of aromatic nitrogens is 3. The van der Waals surface area contributed by atoms with Gasteiger partial charge in [0.2, 0.25) is 0 Å². The Hall–Kier alpha value is -2.27. The summed E-state index contributed by atoms with van der Waals surface area (Å²) in [6, 6.07) is 7.12. The molecule has 0 fully saturated rings. The lowest BCUT2D eigenvalue weighted by molar-refractivity contribution is 0.488. The van der Waals surface area contributed by atoms with Gasteiger partial charge >= 0.3 is 0 Å². The fourth-order valence-corrected chi connectivity index (χ4v) is 1.88. The molecule has 3 rings (SSSR count). The lowest BCUT2D eigenvalue weighted by Crippen LogP contribution is -1.92. The number of nitrogen functional groups attached to an aromatic ring is 1. The minimum absolute atomic E-state index is 0.373. The summed E-state index contributed by atoms with van der Waals surface area (Å²) in [6.07, 6.45) is 3.09. The first-order chi connectivity index (χ1) is 8.74. The molecule has 2 aromatic heterocycles. The van der Waals surface area contributed by atoms with Crippen LogP contribution in [0.1, 0.15) is 0 Å². The number of nitrogens with two attached hydrogens (primary N) is 1. The van der Waals surface area contributed by atoms with Crippen LogP contribution in [0.15, 0.2) is 36.8 Å². The second-order valence-electron chi connectivity index (χ2n) is 3.69. The van der Waals surface area contributed by atoms with Crippen molar-refractivity contribution in [3.8, 4) is 11.5 Å². The van der Waals surface area contributed by atoms with Crippen LogP contribution in [0.4, 0.5) is 5.82 Å². The van der Waals surface area contributed by atoms with E-state index in [1.165, 1.54) is 6.33 Å². The average molecular weight is 261 g/mol. The summed E-state index contributed by atoms with van der Waals surface area (Å²) < 4.78 is 5.72. The van der Waals surface area contributed by atoms with Crippen molar-refractivity contribution in [2.24, 2.45) is 0 Å². The summed E-state index contributed by atoms with van der Waals surface area (Å²) in [5, 5.41) is 1.27. The van der Waals surface area contributed by atoms with E-state index in [0.29, 0.717) is 33.4 Å². The highest BCUT2D eigenvalue weighted by Crippen LogP contribution is 2.32. The van der Waals surface area contributed by atoms with Crippen LogP contribution in [-0.2, 0) is 0 Å². The fraction of sp³-hybridized carbons (Fsp3) is 0. The van der Waals surface area contributed by atoms with Crippen molar-refractivity contribution in [1.29, 1.82) is 0 Å². The van der Waals surface area contributed by atoms with Crippen molar-refractivity contribution < 1.29 is 4.74 Å². The number of fused-ring (bicyclic) bond motifs is 1. The van der Waals surface area contributed by atoms with Crippen LogP contribution in [0.3, 0.4) is 0 Å². The number of aromatic amines is 1. The number of hydrogen-bond donors (Lipinski definition) is 2. The van der Waals surface area contributed by atoms with Gasteiger partial charge in [0.25, 0.3) is 0 Å². The van der Waals surface area contributed by atoms with Gasteiger partial charge in [-0.2, -0.15) is 0 Å². The molecule has 0 unspecified atom stereocenters. The topological polar surface area (TPSA) is 76.8 Å². The third-order valence-electron chi connectivity index (χ3n) is 2.49. The molecule has 0 spiro atoms. The van der Waals surface area contributed by atoms with E-state index in [0.717, 1.165) is 0 Å². The first-order valence-electron chi connectivity index (χ1n) is 5.25. The monoisotopic (exact) mass is 260 g/mol. The predicted molar refractivity (Wildman–Crippen MR) is 69.8 cm³/mol. The second-order valence-corrected chi connectivity index (χ2v) is 4.13. The number of anilines is 1. The SMILES string of the molecule is Nc1ncnc2[nH]cc(Oc3cccc(Cl)c3)c12. The van der Waals surface area contributed by atoms with Crippen molar-refractivity contribution in [1.82, 2.24) is 15.0 Å². The van der Waals surface area contributed by atoms with E-state index in [9.17, 15) is 0 Å². The molecule has 0 radical (unpaired) electrons. The highest BCUT2D eigenvalue weighted by Gasteiger charge is 2.10. The maximum atomic E-state index is 5.90. The third-order valence-corrected chi connectivity index (χ3v) is 2.72. The van der Waals surface area contributed by atoms with Crippen LogP contribution in [0.25, 0.3) is 11.0 Å². The number of nitrogens with zero attached hydrogens (tertiary/aromatic N) is 2. The van der Waals surface area contributed by atoms with Crippen molar-refractivity contribution >= 4 is 28.5 Å². The Bertz CT molecular complexity index is 710. The maximum Gasteiger partial charge on any atom is 0.158 e. The first kappa shape index (κ1) is 10.9. The van der Waals surface area contributed by atoms with E-state index in [1.807, 2.05) is 12.1 Å². The molecule has 5 nitrogen and oxygen atoms in total. The molecule has 0 bridgehead atoms. The van der Waals surface area contributed by atoms with Gasteiger partial charge in [0, 0.05) is 11.2 Å². The Kier molecular flexibility index (Phi) is 2.53. The zero-order chi connectivity index (χ0) is 12.5. The molecule has 6 heteroatoms. The van der Waals surface area contributed by atoms with Gasteiger partial charge in [-0.05, 0) is 18.2 Å². The Morgan fingerprint density at radius 2 is 2.17 bits per heavy atom. The Balaban J connectivity index is 2.05. The summed E-state index contributed by atoms with van der Waals surface area (Å²) in [5.74, 6) is 1.58. The molecule has 3 N–H and O–H groups in total. The largest absolute Gasteiger partial charge is 0.455 e. The van der Waals surface area contributed by atoms with Gasteiger partial charge in [-0.25, -0.2) is 9.97 Å². The Morgan fingerprint density at radius 3 is 3.00 bits per heavy atom. The van der Waals surface area contributed by atoms with Crippen LogP contribution in [0.2, 0.25) is 5.02 Å². The van der Waals surface area contributed by atoms with Crippen molar-refractivity contribution in [3.63, 3.8) is 0 Å². The van der Waals surface area contributed by atoms with Crippen LogP contribution in [0.5, 0.6) is 11.5 Å². The third kappa shape index (κ3) is 1.84. The number of halogens is 1. The van der Waals surface area contributed by atoms with E-state index in [4.69, 9.17) is 22.1 Å². The summed E-state index contributed by atoms with van der Waals surface area (Å²) in [5.41, 5.74) is 6.45. The van der Waals surface area contributed by atoms with Crippen molar-refractivity contribution in [3.05, 3.63) is 41.8 Å². The molecular weight excluding hydrogens is 252 g/mol. The predicted octanol–water partition coefficient (Wildman–Crippen LogP) is 2.99. The van der Waals surface area contributed by atoms with Gasteiger partial charge in [-0.1, -0.05) is 17.7 Å². The number of nitrogens with one attached hydrogen (secondary N) is 1. The molecule has 0 atom stereocenters. The molecule has 18 heavy (non-hydrogen) atoms.